The number of carbonyl (C=O) groups excluding carboxylic acids is 3. The Morgan fingerprint density at radius 1 is 1.26 bits per heavy atom. The van der Waals surface area contributed by atoms with E-state index in [-0.39, 0.29) is 36.7 Å². The molecule has 0 saturated carbocycles. The molecule has 2 aromatic rings. The maximum Gasteiger partial charge on any atom is 0.241 e. The molecule has 2 unspecified atom stereocenters. The van der Waals surface area contributed by atoms with Crippen LogP contribution in [0.2, 0.25) is 10.0 Å². The molecule has 0 radical (unpaired) electrons. The van der Waals surface area contributed by atoms with Crippen LogP contribution < -0.4 is 15.5 Å². The molecular formula is C22H24Cl2N4O3. The highest BCUT2D eigenvalue weighted by Gasteiger charge is 2.31. The molecule has 1 heterocycles. The first-order valence-corrected chi connectivity index (χ1v) is 10.6. The van der Waals surface area contributed by atoms with Gasteiger partial charge in [0.25, 0.3) is 0 Å². The van der Waals surface area contributed by atoms with Crippen molar-refractivity contribution >= 4 is 58.0 Å². The summed E-state index contributed by atoms with van der Waals surface area (Å²) in [6, 6.07) is 11.1. The standard InChI is InChI=1S/C22H24Cl2N4O3/c1-13-10-20(29)25-18-6-4-5-7-19(18)28(13)21(30)12-27(3)14(2)22(31)26-17-9-8-15(23)11-16(17)24/h4-9,11,13-14H,10,12H2,1-3H3,(H,25,29)(H,26,31). The van der Waals surface area contributed by atoms with Gasteiger partial charge in [0.1, 0.15) is 0 Å². The van der Waals surface area contributed by atoms with Crippen LogP contribution in [0.3, 0.4) is 0 Å². The van der Waals surface area contributed by atoms with E-state index < -0.39 is 6.04 Å². The number of likely N-dealkylation sites (N-methyl/N-ethyl adjacent to an activating group) is 1. The zero-order valence-electron chi connectivity index (χ0n) is 17.5. The minimum Gasteiger partial charge on any atom is -0.324 e. The van der Waals surface area contributed by atoms with E-state index in [0.29, 0.717) is 27.1 Å². The lowest BCUT2D eigenvalue weighted by Gasteiger charge is -2.31. The third kappa shape index (κ3) is 5.36. The average Bonchev–Trinajstić information content (AvgIpc) is 2.83. The Morgan fingerprint density at radius 2 is 1.97 bits per heavy atom. The SMILES string of the molecule is CC(C(=O)Nc1ccc(Cl)cc1Cl)N(C)CC(=O)N1c2ccccc2NC(=O)CC1C. The van der Waals surface area contributed by atoms with E-state index in [1.54, 1.807) is 60.2 Å². The summed E-state index contributed by atoms with van der Waals surface area (Å²) in [5, 5.41) is 6.40. The number of hydrogen-bond donors (Lipinski definition) is 2. The van der Waals surface area contributed by atoms with Crippen LogP contribution >= 0.6 is 23.2 Å². The number of benzene rings is 2. The highest BCUT2D eigenvalue weighted by atomic mass is 35.5. The summed E-state index contributed by atoms with van der Waals surface area (Å²) >= 11 is 12.0. The number of rotatable bonds is 5. The minimum absolute atomic E-state index is 0.00417. The van der Waals surface area contributed by atoms with Crippen molar-refractivity contribution in [1.29, 1.82) is 0 Å². The predicted octanol–water partition coefficient (Wildman–Crippen LogP) is 4.02. The maximum atomic E-state index is 13.2. The third-order valence-corrected chi connectivity index (χ3v) is 5.79. The van der Waals surface area contributed by atoms with Crippen molar-refractivity contribution in [3.8, 4) is 0 Å². The van der Waals surface area contributed by atoms with Gasteiger partial charge in [-0.25, -0.2) is 0 Å². The van der Waals surface area contributed by atoms with Crippen LogP contribution in [-0.2, 0) is 14.4 Å². The number of anilines is 3. The number of hydrogen-bond acceptors (Lipinski definition) is 4. The van der Waals surface area contributed by atoms with E-state index in [9.17, 15) is 14.4 Å². The van der Waals surface area contributed by atoms with Crippen LogP contribution in [0.1, 0.15) is 20.3 Å². The van der Waals surface area contributed by atoms with Crippen LogP contribution in [-0.4, -0.2) is 48.3 Å². The molecule has 0 saturated heterocycles. The summed E-state index contributed by atoms with van der Waals surface area (Å²) in [5.41, 5.74) is 1.68. The van der Waals surface area contributed by atoms with Gasteiger partial charge in [-0.3, -0.25) is 19.3 Å². The number of halogens is 2. The fraction of sp³-hybridized carbons (Fsp3) is 0.318. The van der Waals surface area contributed by atoms with Gasteiger partial charge < -0.3 is 15.5 Å². The molecule has 2 aromatic carbocycles. The first-order chi connectivity index (χ1) is 14.7. The van der Waals surface area contributed by atoms with Crippen LogP contribution in [0.5, 0.6) is 0 Å². The Kier molecular flexibility index (Phi) is 7.20. The summed E-state index contributed by atoms with van der Waals surface area (Å²) in [6.07, 6.45) is 0.190. The Hall–Kier alpha value is -2.61. The van der Waals surface area contributed by atoms with Crippen molar-refractivity contribution in [2.75, 3.05) is 29.1 Å². The third-order valence-electron chi connectivity index (χ3n) is 5.24. The number of amides is 3. The van der Waals surface area contributed by atoms with Gasteiger partial charge in [0.2, 0.25) is 17.7 Å². The zero-order valence-corrected chi connectivity index (χ0v) is 19.0. The molecule has 0 aromatic heterocycles. The zero-order chi connectivity index (χ0) is 22.7. The first-order valence-electron chi connectivity index (χ1n) is 9.84. The summed E-state index contributed by atoms with van der Waals surface area (Å²) in [6.45, 7) is 3.53. The Balaban J connectivity index is 1.71. The molecule has 164 valence electrons. The number of nitrogens with one attached hydrogen (secondary N) is 2. The van der Waals surface area contributed by atoms with Crippen LogP contribution in [0, 0.1) is 0 Å². The largest absolute Gasteiger partial charge is 0.324 e. The van der Waals surface area contributed by atoms with Crippen LogP contribution in [0.25, 0.3) is 0 Å². The number of fused-ring (bicyclic) bond motifs is 1. The van der Waals surface area contributed by atoms with Gasteiger partial charge in [0.05, 0.1) is 34.7 Å². The minimum atomic E-state index is -0.604. The van der Waals surface area contributed by atoms with E-state index in [2.05, 4.69) is 10.6 Å². The smallest absolute Gasteiger partial charge is 0.241 e. The van der Waals surface area contributed by atoms with E-state index in [0.717, 1.165) is 0 Å². The number of para-hydroxylation sites is 2. The fourth-order valence-electron chi connectivity index (χ4n) is 3.42. The summed E-state index contributed by atoms with van der Waals surface area (Å²) in [4.78, 5) is 41.3. The summed E-state index contributed by atoms with van der Waals surface area (Å²) < 4.78 is 0. The highest BCUT2D eigenvalue weighted by molar-refractivity contribution is 6.36. The van der Waals surface area contributed by atoms with E-state index in [1.807, 2.05) is 13.0 Å². The van der Waals surface area contributed by atoms with Gasteiger partial charge in [-0.1, -0.05) is 35.3 Å². The first kappa shape index (κ1) is 23.1. The highest BCUT2D eigenvalue weighted by Crippen LogP contribution is 2.31. The quantitative estimate of drug-likeness (QED) is 0.702. The number of carbonyl (C=O) groups is 3. The second kappa shape index (κ2) is 9.68. The molecule has 3 rings (SSSR count). The van der Waals surface area contributed by atoms with Gasteiger partial charge in [-0.05, 0) is 51.2 Å². The Labute approximate surface area is 191 Å². The normalized spacial score (nSPS) is 16.9. The van der Waals surface area contributed by atoms with Crippen molar-refractivity contribution in [3.05, 3.63) is 52.5 Å². The second-order valence-electron chi connectivity index (χ2n) is 7.59. The topological polar surface area (TPSA) is 81.8 Å². The lowest BCUT2D eigenvalue weighted by atomic mass is 10.1. The maximum absolute atomic E-state index is 13.2. The van der Waals surface area contributed by atoms with Gasteiger partial charge in [-0.2, -0.15) is 0 Å². The molecule has 1 aliphatic heterocycles. The molecule has 3 amide bonds. The van der Waals surface area contributed by atoms with Crippen molar-refractivity contribution in [2.45, 2.75) is 32.4 Å². The van der Waals surface area contributed by atoms with Crippen molar-refractivity contribution in [1.82, 2.24) is 4.90 Å². The van der Waals surface area contributed by atoms with E-state index in [1.165, 1.54) is 0 Å². The molecule has 31 heavy (non-hydrogen) atoms. The van der Waals surface area contributed by atoms with Gasteiger partial charge in [-0.15, -0.1) is 0 Å². The Morgan fingerprint density at radius 3 is 2.68 bits per heavy atom. The van der Waals surface area contributed by atoms with Crippen molar-refractivity contribution in [2.24, 2.45) is 0 Å². The monoisotopic (exact) mass is 462 g/mol. The molecule has 0 aliphatic carbocycles. The molecule has 0 fully saturated rings. The molecular weight excluding hydrogens is 439 g/mol. The molecule has 7 nitrogen and oxygen atoms in total. The van der Waals surface area contributed by atoms with Crippen LogP contribution in [0.15, 0.2) is 42.5 Å². The number of nitrogens with zero attached hydrogens (tertiary/aromatic N) is 2. The molecule has 1 aliphatic rings. The van der Waals surface area contributed by atoms with Crippen LogP contribution in [0.4, 0.5) is 17.1 Å². The molecule has 9 heteroatoms. The molecule has 2 N–H and O–H groups in total. The fourth-order valence-corrected chi connectivity index (χ4v) is 3.88. The van der Waals surface area contributed by atoms with E-state index >= 15 is 0 Å². The Bertz CT molecular complexity index is 1010. The van der Waals surface area contributed by atoms with Gasteiger partial charge in [0, 0.05) is 17.5 Å². The second-order valence-corrected chi connectivity index (χ2v) is 8.43. The molecule has 0 spiro atoms. The van der Waals surface area contributed by atoms with E-state index in [4.69, 9.17) is 23.2 Å². The average molecular weight is 463 g/mol. The van der Waals surface area contributed by atoms with Crippen molar-refractivity contribution < 1.29 is 14.4 Å². The summed E-state index contributed by atoms with van der Waals surface area (Å²) in [5.74, 6) is -0.653. The lowest BCUT2D eigenvalue weighted by molar-refractivity contribution is -0.123. The lowest BCUT2D eigenvalue weighted by Crippen LogP contribution is -2.48. The van der Waals surface area contributed by atoms with Gasteiger partial charge >= 0.3 is 0 Å². The van der Waals surface area contributed by atoms with Gasteiger partial charge in [0.15, 0.2) is 0 Å². The molecule has 0 bridgehead atoms. The molecule has 2 atom stereocenters. The van der Waals surface area contributed by atoms with Crippen molar-refractivity contribution in [3.63, 3.8) is 0 Å². The predicted molar refractivity (Wildman–Crippen MR) is 124 cm³/mol. The summed E-state index contributed by atoms with van der Waals surface area (Å²) in [7, 11) is 1.70.